The van der Waals surface area contributed by atoms with Crippen molar-refractivity contribution >= 4 is 24.8 Å². The van der Waals surface area contributed by atoms with Crippen molar-refractivity contribution in [2.45, 2.75) is 31.1 Å². The number of phenolic OH excluding ortho intramolecular Hbond substituents is 1. The number of hydrogen-bond acceptors (Lipinski definition) is 11. The monoisotopic (exact) mass is 483 g/mol. The van der Waals surface area contributed by atoms with Crippen LogP contribution in [0, 0.1) is 0 Å². The maximum atomic E-state index is 10.9. The first kappa shape index (κ1) is 23.3. The Hall–Kier alpha value is -2.84. The number of aliphatic hydroxyl groups excluding tert-OH is 2. The van der Waals surface area contributed by atoms with E-state index in [1.165, 1.54) is 30.4 Å². The fourth-order valence-corrected chi connectivity index (χ4v) is 3.77. The van der Waals surface area contributed by atoms with Crippen molar-refractivity contribution in [1.82, 2.24) is 19.5 Å². The van der Waals surface area contributed by atoms with Crippen LogP contribution in [0.3, 0.4) is 0 Å². The molecule has 3 heterocycles. The molecule has 6 N–H and O–H groups in total. The van der Waals surface area contributed by atoms with Crippen LogP contribution in [0.25, 0.3) is 11.2 Å². The number of phosphoric acid groups is 1. The average molecular weight is 483 g/mol. The largest absolute Gasteiger partial charge is 0.507 e. The highest BCUT2D eigenvalue weighted by Gasteiger charge is 2.45. The molecule has 0 aliphatic carbocycles. The number of benzene rings is 1. The van der Waals surface area contributed by atoms with Gasteiger partial charge in [0.25, 0.3) is 0 Å². The highest BCUT2D eigenvalue weighted by molar-refractivity contribution is 7.46. The summed E-state index contributed by atoms with van der Waals surface area (Å²) in [6.07, 6.45) is -2.62. The molecule has 3 aromatic rings. The Labute approximate surface area is 186 Å². The number of phosphoric ester groups is 1. The van der Waals surface area contributed by atoms with Crippen molar-refractivity contribution in [2.75, 3.05) is 19.0 Å². The molecule has 1 fully saturated rings. The summed E-state index contributed by atoms with van der Waals surface area (Å²) in [6.45, 7) is -0.406. The number of nitrogens with zero attached hydrogens (tertiary/aromatic N) is 4. The molecular weight excluding hydrogens is 461 g/mol. The molecule has 15 heteroatoms. The van der Waals surface area contributed by atoms with Crippen molar-refractivity contribution in [3.8, 4) is 11.5 Å². The molecule has 33 heavy (non-hydrogen) atoms. The first-order valence-electron chi connectivity index (χ1n) is 9.67. The van der Waals surface area contributed by atoms with Gasteiger partial charge in [-0.1, -0.05) is 0 Å². The van der Waals surface area contributed by atoms with E-state index in [4.69, 9.17) is 19.3 Å². The summed E-state index contributed by atoms with van der Waals surface area (Å²) in [4.78, 5) is 30.3. The SMILES string of the molecule is COc1ccc(CNc2ncnc3c2ncn3[C@@H]2O[C@H](COP(=O)(O)O)[C@@H](O)[C@H]2O)c(O)c1. The van der Waals surface area contributed by atoms with Crippen LogP contribution < -0.4 is 10.1 Å². The summed E-state index contributed by atoms with van der Waals surface area (Å²) in [6, 6.07) is 4.89. The minimum absolute atomic E-state index is 0.0395. The lowest BCUT2D eigenvalue weighted by Gasteiger charge is -2.16. The second-order valence-corrected chi connectivity index (χ2v) is 8.47. The Morgan fingerprint density at radius 2 is 2.00 bits per heavy atom. The van der Waals surface area contributed by atoms with E-state index in [-0.39, 0.29) is 17.9 Å². The van der Waals surface area contributed by atoms with Gasteiger partial charge in [0.05, 0.1) is 20.0 Å². The predicted molar refractivity (Wildman–Crippen MR) is 111 cm³/mol. The van der Waals surface area contributed by atoms with E-state index in [0.717, 1.165) is 0 Å². The first-order chi connectivity index (χ1) is 15.7. The van der Waals surface area contributed by atoms with Gasteiger partial charge in [-0.15, -0.1) is 0 Å². The van der Waals surface area contributed by atoms with Crippen LogP contribution in [0.5, 0.6) is 11.5 Å². The number of hydrogen-bond donors (Lipinski definition) is 6. The number of ether oxygens (including phenoxy) is 2. The second kappa shape index (κ2) is 9.19. The number of aromatic nitrogens is 4. The Morgan fingerprint density at radius 1 is 1.21 bits per heavy atom. The maximum absolute atomic E-state index is 10.9. The van der Waals surface area contributed by atoms with Crippen LogP contribution in [0.2, 0.25) is 0 Å². The minimum atomic E-state index is -4.78. The van der Waals surface area contributed by atoms with Gasteiger partial charge in [0, 0.05) is 18.2 Å². The molecule has 1 aliphatic heterocycles. The third-order valence-electron chi connectivity index (χ3n) is 5.12. The van der Waals surface area contributed by atoms with Gasteiger partial charge < -0.3 is 39.9 Å². The molecule has 2 aromatic heterocycles. The van der Waals surface area contributed by atoms with Crippen LogP contribution in [0.15, 0.2) is 30.9 Å². The van der Waals surface area contributed by atoms with Crippen molar-refractivity contribution in [1.29, 1.82) is 0 Å². The fraction of sp³-hybridized carbons (Fsp3) is 0.389. The molecule has 0 radical (unpaired) electrons. The topological polar surface area (TPSA) is 202 Å². The van der Waals surface area contributed by atoms with Gasteiger partial charge in [-0.3, -0.25) is 9.09 Å². The zero-order valence-electron chi connectivity index (χ0n) is 17.2. The normalized spacial score (nSPS) is 23.2. The maximum Gasteiger partial charge on any atom is 0.469 e. The van der Waals surface area contributed by atoms with Crippen molar-refractivity contribution in [3.05, 3.63) is 36.4 Å². The molecule has 14 nitrogen and oxygen atoms in total. The molecular formula is C18H22N5O9P. The number of fused-ring (bicyclic) bond motifs is 1. The van der Waals surface area contributed by atoms with Crippen molar-refractivity contribution in [2.24, 2.45) is 0 Å². The van der Waals surface area contributed by atoms with Crippen LogP contribution >= 0.6 is 7.82 Å². The molecule has 0 spiro atoms. The summed E-state index contributed by atoms with van der Waals surface area (Å²) in [7, 11) is -3.28. The predicted octanol–water partition coefficient (Wildman–Crippen LogP) is -0.119. The lowest BCUT2D eigenvalue weighted by molar-refractivity contribution is -0.0504. The van der Waals surface area contributed by atoms with Crippen LogP contribution in [0.1, 0.15) is 11.8 Å². The number of nitrogens with one attached hydrogen (secondary N) is 1. The molecule has 0 bridgehead atoms. The van der Waals surface area contributed by atoms with Crippen molar-refractivity contribution in [3.63, 3.8) is 0 Å². The number of rotatable bonds is 8. The molecule has 1 aromatic carbocycles. The molecule has 0 saturated carbocycles. The van der Waals surface area contributed by atoms with E-state index >= 15 is 0 Å². The van der Waals surface area contributed by atoms with E-state index in [9.17, 15) is 19.9 Å². The molecule has 0 unspecified atom stereocenters. The van der Waals surface area contributed by atoms with Gasteiger partial charge in [-0.05, 0) is 12.1 Å². The lowest BCUT2D eigenvalue weighted by Crippen LogP contribution is -2.33. The Balaban J connectivity index is 1.53. The quantitative estimate of drug-likeness (QED) is 0.232. The van der Waals surface area contributed by atoms with E-state index in [1.54, 1.807) is 12.1 Å². The third kappa shape index (κ3) is 4.91. The summed E-state index contributed by atoms with van der Waals surface area (Å²) in [5.74, 6) is 0.905. The van der Waals surface area contributed by atoms with E-state index in [1.807, 2.05) is 0 Å². The molecule has 178 valence electrons. The Morgan fingerprint density at radius 3 is 2.70 bits per heavy atom. The van der Waals surface area contributed by atoms with Crippen LogP contribution in [-0.4, -0.2) is 76.7 Å². The number of phenols is 1. The van der Waals surface area contributed by atoms with Gasteiger partial charge in [-0.2, -0.15) is 0 Å². The van der Waals surface area contributed by atoms with Gasteiger partial charge in [0.15, 0.2) is 23.2 Å². The number of methoxy groups -OCH3 is 1. The molecule has 1 saturated heterocycles. The molecule has 0 amide bonds. The van der Waals surface area contributed by atoms with E-state index in [2.05, 4.69) is 24.8 Å². The number of aliphatic hydroxyl groups is 2. The molecule has 4 atom stereocenters. The van der Waals surface area contributed by atoms with Gasteiger partial charge >= 0.3 is 7.82 Å². The van der Waals surface area contributed by atoms with Gasteiger partial charge in [0.2, 0.25) is 0 Å². The third-order valence-corrected chi connectivity index (χ3v) is 5.60. The summed E-state index contributed by atoms with van der Waals surface area (Å²) in [5, 5.41) is 33.8. The average Bonchev–Trinajstić information content (AvgIpc) is 3.32. The number of aromatic hydroxyl groups is 1. The second-order valence-electron chi connectivity index (χ2n) is 7.23. The Bertz CT molecular complexity index is 1190. The zero-order valence-corrected chi connectivity index (χ0v) is 18.1. The molecule has 4 rings (SSSR count). The van der Waals surface area contributed by atoms with Crippen molar-refractivity contribution < 1.29 is 43.7 Å². The first-order valence-corrected chi connectivity index (χ1v) is 11.2. The summed E-state index contributed by atoms with van der Waals surface area (Å²) >= 11 is 0. The standard InChI is InChI=1S/C18H22N5O9P/c1-30-10-3-2-9(11(24)4-10)5-19-16-13-17(21-7-20-16)23(8-22-13)18-15(26)14(25)12(32-18)6-31-33(27,28)29/h2-4,7-8,12,14-15,18,24-26H,5-6H2,1H3,(H,19,20,21)(H2,27,28,29)/t12-,14-,15-,18-/m1/s1. The van der Waals surface area contributed by atoms with Crippen LogP contribution in [-0.2, 0) is 20.4 Å². The Kier molecular flexibility index (Phi) is 6.50. The smallest absolute Gasteiger partial charge is 0.469 e. The molecule has 1 aliphatic rings. The highest BCUT2D eigenvalue weighted by Crippen LogP contribution is 2.39. The van der Waals surface area contributed by atoms with Gasteiger partial charge in [-0.25, -0.2) is 19.5 Å². The zero-order chi connectivity index (χ0) is 23.8. The minimum Gasteiger partial charge on any atom is -0.507 e. The summed E-state index contributed by atoms with van der Waals surface area (Å²) in [5.41, 5.74) is 1.21. The summed E-state index contributed by atoms with van der Waals surface area (Å²) < 4.78 is 27.3. The lowest BCUT2D eigenvalue weighted by atomic mass is 10.1. The highest BCUT2D eigenvalue weighted by atomic mass is 31.2. The number of imidazole rings is 1. The van der Waals surface area contributed by atoms with Crippen LogP contribution in [0.4, 0.5) is 5.82 Å². The van der Waals surface area contributed by atoms with E-state index < -0.39 is 39.0 Å². The van der Waals surface area contributed by atoms with Gasteiger partial charge in [0.1, 0.15) is 36.1 Å². The number of anilines is 1. The fourth-order valence-electron chi connectivity index (χ4n) is 3.43. The van der Waals surface area contributed by atoms with E-state index in [0.29, 0.717) is 22.6 Å².